The van der Waals surface area contributed by atoms with Crippen LogP contribution in [0.5, 0.6) is 0 Å². The third-order valence-corrected chi connectivity index (χ3v) is 6.25. The Labute approximate surface area is 140 Å². The second kappa shape index (κ2) is 6.47. The lowest BCUT2D eigenvalue weighted by Gasteiger charge is -2.16. The molecule has 0 unspecified atom stereocenters. The van der Waals surface area contributed by atoms with E-state index in [9.17, 15) is 13.2 Å². The second-order valence-corrected chi connectivity index (χ2v) is 7.82. The van der Waals surface area contributed by atoms with E-state index in [1.165, 1.54) is 14.9 Å². The summed E-state index contributed by atoms with van der Waals surface area (Å²) in [4.78, 5) is 12.4. The van der Waals surface area contributed by atoms with E-state index < -0.39 is 15.6 Å². The van der Waals surface area contributed by atoms with Gasteiger partial charge in [0.15, 0.2) is 0 Å². The summed E-state index contributed by atoms with van der Waals surface area (Å²) in [5, 5.41) is 0.548. The third kappa shape index (κ3) is 3.20. The Bertz CT molecular complexity index is 871. The summed E-state index contributed by atoms with van der Waals surface area (Å²) in [7, 11) is -3.73. The van der Waals surface area contributed by atoms with Crippen LogP contribution in [0.4, 0.5) is 0 Å². The molecule has 0 bridgehead atoms. The molecule has 1 saturated heterocycles. The van der Waals surface area contributed by atoms with Crippen molar-refractivity contribution in [1.29, 1.82) is 0 Å². The smallest absolute Gasteiger partial charge is 0.271 e. The van der Waals surface area contributed by atoms with E-state index in [2.05, 4.69) is 0 Å². The van der Waals surface area contributed by atoms with Crippen LogP contribution in [0.15, 0.2) is 52.3 Å². The third-order valence-electron chi connectivity index (χ3n) is 3.97. The number of halogens is 1. The van der Waals surface area contributed by atoms with Crippen molar-refractivity contribution < 1.29 is 8.42 Å². The summed E-state index contributed by atoms with van der Waals surface area (Å²) < 4.78 is 28.0. The van der Waals surface area contributed by atoms with E-state index in [4.69, 9.17) is 11.6 Å². The van der Waals surface area contributed by atoms with Gasteiger partial charge in [0, 0.05) is 24.3 Å². The lowest BCUT2D eigenvalue weighted by atomic mass is 10.2. The number of nitrogens with zero attached hydrogens (tertiary/aromatic N) is 2. The predicted octanol–water partition coefficient (Wildman–Crippen LogP) is 2.33. The van der Waals surface area contributed by atoms with E-state index >= 15 is 0 Å². The molecule has 0 saturated carbocycles. The van der Waals surface area contributed by atoms with E-state index in [1.54, 1.807) is 18.3 Å². The molecular weight excluding hydrogens is 336 g/mol. The summed E-state index contributed by atoms with van der Waals surface area (Å²) in [6.07, 6.45) is 3.24. The van der Waals surface area contributed by atoms with E-state index in [-0.39, 0.29) is 11.4 Å². The van der Waals surface area contributed by atoms with Crippen molar-refractivity contribution in [3.05, 3.63) is 63.5 Å². The molecule has 122 valence electrons. The van der Waals surface area contributed by atoms with Crippen LogP contribution < -0.4 is 5.56 Å². The molecular formula is C16H17ClN2O3S. The minimum absolute atomic E-state index is 0.172. The standard InChI is InChI=1S/C16H17ClN2O3S/c17-14-7-2-1-6-13(14)12-18-9-5-8-15(16(18)20)23(21,22)19-10-3-4-11-19/h1-2,5-9H,3-4,10-12H2. The highest BCUT2D eigenvalue weighted by Crippen LogP contribution is 2.19. The van der Waals surface area contributed by atoms with Crippen LogP contribution in [-0.4, -0.2) is 30.4 Å². The van der Waals surface area contributed by atoms with Gasteiger partial charge in [0.25, 0.3) is 5.56 Å². The van der Waals surface area contributed by atoms with Crippen molar-refractivity contribution in [3.63, 3.8) is 0 Å². The quantitative estimate of drug-likeness (QED) is 0.848. The van der Waals surface area contributed by atoms with Crippen LogP contribution >= 0.6 is 11.6 Å². The molecule has 2 heterocycles. The van der Waals surface area contributed by atoms with Gasteiger partial charge in [-0.1, -0.05) is 29.8 Å². The van der Waals surface area contributed by atoms with Crippen molar-refractivity contribution in [2.24, 2.45) is 0 Å². The summed E-state index contributed by atoms with van der Waals surface area (Å²) >= 11 is 6.12. The molecule has 1 aliphatic heterocycles. The fourth-order valence-electron chi connectivity index (χ4n) is 2.71. The number of hydrogen-bond acceptors (Lipinski definition) is 3. The van der Waals surface area contributed by atoms with Gasteiger partial charge in [-0.05, 0) is 36.6 Å². The number of pyridine rings is 1. The van der Waals surface area contributed by atoms with Crippen LogP contribution in [0.3, 0.4) is 0 Å². The minimum Gasteiger partial charge on any atom is -0.310 e. The molecule has 23 heavy (non-hydrogen) atoms. The van der Waals surface area contributed by atoms with Crippen molar-refractivity contribution in [3.8, 4) is 0 Å². The van der Waals surface area contributed by atoms with Gasteiger partial charge in [-0.2, -0.15) is 4.31 Å². The first-order valence-electron chi connectivity index (χ1n) is 7.43. The lowest BCUT2D eigenvalue weighted by molar-refractivity contribution is 0.475. The van der Waals surface area contributed by atoms with Crippen LogP contribution in [-0.2, 0) is 16.6 Å². The average Bonchev–Trinajstić information content (AvgIpc) is 3.06. The topological polar surface area (TPSA) is 59.4 Å². The minimum atomic E-state index is -3.73. The molecule has 0 atom stereocenters. The number of benzene rings is 1. The molecule has 1 aromatic carbocycles. The molecule has 1 aliphatic rings. The van der Waals surface area contributed by atoms with Gasteiger partial charge in [0.2, 0.25) is 10.0 Å². The SMILES string of the molecule is O=c1c(S(=O)(=O)N2CCCC2)cccn1Cc1ccccc1Cl. The first kappa shape index (κ1) is 16.2. The predicted molar refractivity (Wildman–Crippen MR) is 89.2 cm³/mol. The normalized spacial score (nSPS) is 15.9. The summed E-state index contributed by atoms with van der Waals surface area (Å²) in [5.74, 6) is 0. The lowest BCUT2D eigenvalue weighted by Crippen LogP contribution is -2.34. The number of sulfonamides is 1. The Kier molecular flexibility index (Phi) is 4.57. The van der Waals surface area contributed by atoms with Gasteiger partial charge in [-0.25, -0.2) is 8.42 Å². The van der Waals surface area contributed by atoms with Gasteiger partial charge >= 0.3 is 0 Å². The monoisotopic (exact) mass is 352 g/mol. The molecule has 0 radical (unpaired) electrons. The van der Waals surface area contributed by atoms with E-state index in [0.29, 0.717) is 18.1 Å². The second-order valence-electron chi connectivity index (χ2n) is 5.51. The van der Waals surface area contributed by atoms with Gasteiger partial charge in [0.05, 0.1) is 6.54 Å². The summed E-state index contributed by atoms with van der Waals surface area (Å²) in [5.41, 5.74) is 0.256. The molecule has 1 aromatic heterocycles. The van der Waals surface area contributed by atoms with E-state index in [1.807, 2.05) is 18.2 Å². The van der Waals surface area contributed by atoms with Crippen LogP contribution in [0.25, 0.3) is 0 Å². The van der Waals surface area contributed by atoms with Crippen LogP contribution in [0.2, 0.25) is 5.02 Å². The average molecular weight is 353 g/mol. The summed E-state index contributed by atoms with van der Waals surface area (Å²) in [6, 6.07) is 10.2. The van der Waals surface area contributed by atoms with Gasteiger partial charge in [-0.15, -0.1) is 0 Å². The fourth-order valence-corrected chi connectivity index (χ4v) is 4.51. The Morgan fingerprint density at radius 2 is 1.74 bits per heavy atom. The zero-order chi connectivity index (χ0) is 16.4. The zero-order valence-electron chi connectivity index (χ0n) is 12.5. The molecule has 0 aliphatic carbocycles. The van der Waals surface area contributed by atoms with E-state index in [0.717, 1.165) is 18.4 Å². The number of rotatable bonds is 4. The molecule has 1 fully saturated rings. The maximum Gasteiger partial charge on any atom is 0.271 e. The summed E-state index contributed by atoms with van der Waals surface area (Å²) in [6.45, 7) is 1.18. The van der Waals surface area contributed by atoms with Gasteiger partial charge in [-0.3, -0.25) is 4.79 Å². The van der Waals surface area contributed by atoms with Crippen LogP contribution in [0.1, 0.15) is 18.4 Å². The molecule has 3 rings (SSSR count). The highest BCUT2D eigenvalue weighted by Gasteiger charge is 2.29. The Morgan fingerprint density at radius 3 is 2.43 bits per heavy atom. The Hall–Kier alpha value is -1.63. The van der Waals surface area contributed by atoms with Crippen molar-refractivity contribution in [2.75, 3.05) is 13.1 Å². The van der Waals surface area contributed by atoms with Crippen molar-refractivity contribution >= 4 is 21.6 Å². The fraction of sp³-hybridized carbons (Fsp3) is 0.312. The molecule has 7 heteroatoms. The van der Waals surface area contributed by atoms with Crippen molar-refractivity contribution in [1.82, 2.24) is 8.87 Å². The Balaban J connectivity index is 1.99. The van der Waals surface area contributed by atoms with Crippen molar-refractivity contribution in [2.45, 2.75) is 24.3 Å². The number of aromatic nitrogens is 1. The van der Waals surface area contributed by atoms with Gasteiger partial charge < -0.3 is 4.57 Å². The molecule has 2 aromatic rings. The first-order chi connectivity index (χ1) is 11.0. The molecule has 0 N–H and O–H groups in total. The maximum atomic E-state index is 12.6. The molecule has 0 amide bonds. The van der Waals surface area contributed by atoms with Crippen LogP contribution in [0, 0.1) is 0 Å². The highest BCUT2D eigenvalue weighted by atomic mass is 35.5. The molecule has 0 spiro atoms. The largest absolute Gasteiger partial charge is 0.310 e. The highest BCUT2D eigenvalue weighted by molar-refractivity contribution is 7.89. The molecule has 5 nitrogen and oxygen atoms in total. The first-order valence-corrected chi connectivity index (χ1v) is 9.25. The number of hydrogen-bond donors (Lipinski definition) is 0. The van der Waals surface area contributed by atoms with Gasteiger partial charge in [0.1, 0.15) is 4.90 Å². The Morgan fingerprint density at radius 1 is 1.04 bits per heavy atom. The maximum absolute atomic E-state index is 12.6. The zero-order valence-corrected chi connectivity index (χ0v) is 14.1.